The Morgan fingerprint density at radius 3 is 2.42 bits per heavy atom. The molecule has 220 valence electrons. The first-order valence-electron chi connectivity index (χ1n) is 13.8. The zero-order chi connectivity index (χ0) is 29.1. The summed E-state index contributed by atoms with van der Waals surface area (Å²) < 4.78 is 49.6. The Morgan fingerprint density at radius 1 is 1.10 bits per heavy atom. The van der Waals surface area contributed by atoms with E-state index in [4.69, 9.17) is 10.5 Å². The van der Waals surface area contributed by atoms with Crippen LogP contribution in [0.5, 0.6) is 5.75 Å². The van der Waals surface area contributed by atoms with Gasteiger partial charge in [-0.15, -0.1) is 0 Å². The third-order valence-electron chi connectivity index (χ3n) is 7.46. The number of hydrogen-bond donors (Lipinski definition) is 4. The number of amides is 2. The summed E-state index contributed by atoms with van der Waals surface area (Å²) in [6.45, 7) is 9.71. The van der Waals surface area contributed by atoms with Crippen LogP contribution in [0.15, 0.2) is 18.3 Å². The number of rotatable bonds is 8. The van der Waals surface area contributed by atoms with Crippen molar-refractivity contribution in [3.8, 4) is 5.75 Å². The maximum Gasteiger partial charge on any atom is 0.314 e. The molecule has 2 fully saturated rings. The third-order valence-corrected chi connectivity index (χ3v) is 7.46. The van der Waals surface area contributed by atoms with E-state index in [1.807, 2.05) is 0 Å². The van der Waals surface area contributed by atoms with Crippen molar-refractivity contribution in [3.05, 3.63) is 35.8 Å². The van der Waals surface area contributed by atoms with Gasteiger partial charge in [0.2, 0.25) is 5.95 Å². The first-order chi connectivity index (χ1) is 18.8. The molecule has 1 unspecified atom stereocenters. The van der Waals surface area contributed by atoms with E-state index in [2.05, 4.69) is 53.6 Å². The fourth-order valence-electron chi connectivity index (χ4n) is 6.05. The molecular weight excluding hydrogens is 523 g/mol. The van der Waals surface area contributed by atoms with E-state index < -0.39 is 29.2 Å². The van der Waals surface area contributed by atoms with Gasteiger partial charge in [0, 0.05) is 48.0 Å². The van der Waals surface area contributed by atoms with Gasteiger partial charge in [-0.1, -0.05) is 0 Å². The largest absolute Gasteiger partial charge is 0.488 e. The number of primary amides is 1. The molecule has 1 aromatic heterocycles. The minimum Gasteiger partial charge on any atom is -0.488 e. The Labute approximate surface area is 233 Å². The Hall–Kier alpha value is -3.28. The van der Waals surface area contributed by atoms with Crippen LogP contribution in [0, 0.1) is 23.4 Å². The highest BCUT2D eigenvalue weighted by Gasteiger charge is 2.38. The first kappa shape index (κ1) is 29.7. The quantitative estimate of drug-likeness (QED) is 0.344. The molecule has 5 N–H and O–H groups in total. The monoisotopic (exact) mass is 563 g/mol. The van der Waals surface area contributed by atoms with Gasteiger partial charge in [0.1, 0.15) is 0 Å². The highest BCUT2D eigenvalue weighted by molar-refractivity contribution is 5.71. The molecule has 1 atom stereocenters. The standard InChI is InChI=1S/C28H40F3N7O2/c1-27(2)14-19(15-28(3,4)37-27)34-24-22(31)16-33-26(36-24)35-18-12-20(29)23(21(30)13-18)40-11-8-17-6-5-9-38(10-7-17)25(32)39/h12-13,16-17,19,37H,5-11,14-15H2,1-4H3,(H2,32,39)(H2,33,34,35,36). The number of anilines is 3. The summed E-state index contributed by atoms with van der Waals surface area (Å²) in [5, 5.41) is 9.52. The number of urea groups is 1. The summed E-state index contributed by atoms with van der Waals surface area (Å²) in [5.74, 6) is -2.52. The van der Waals surface area contributed by atoms with Crippen molar-refractivity contribution in [1.29, 1.82) is 0 Å². The molecule has 3 heterocycles. The number of benzene rings is 1. The second-order valence-corrected chi connectivity index (χ2v) is 12.2. The van der Waals surface area contributed by atoms with Crippen LogP contribution in [0.25, 0.3) is 0 Å². The predicted molar refractivity (Wildman–Crippen MR) is 148 cm³/mol. The molecule has 0 radical (unpaired) electrons. The minimum absolute atomic E-state index is 0.00203. The normalized spacial score (nSPS) is 21.0. The summed E-state index contributed by atoms with van der Waals surface area (Å²) in [4.78, 5) is 21.2. The SMILES string of the molecule is CC1(C)CC(Nc2nc(Nc3cc(F)c(OCCC4CCCN(C(N)=O)CC4)c(F)c3)ncc2F)CC(C)(C)N1. The van der Waals surface area contributed by atoms with Gasteiger partial charge in [0.05, 0.1) is 12.8 Å². The maximum atomic E-state index is 14.8. The van der Waals surface area contributed by atoms with Crippen LogP contribution >= 0.6 is 0 Å². The molecule has 2 amide bonds. The molecule has 2 aliphatic rings. The van der Waals surface area contributed by atoms with E-state index in [-0.39, 0.29) is 47.1 Å². The fourth-order valence-corrected chi connectivity index (χ4v) is 6.05. The second-order valence-electron chi connectivity index (χ2n) is 12.2. The van der Waals surface area contributed by atoms with Crippen LogP contribution in [0.4, 0.5) is 35.4 Å². The van der Waals surface area contributed by atoms with E-state index >= 15 is 0 Å². The molecule has 2 aliphatic heterocycles. The van der Waals surface area contributed by atoms with Crippen molar-refractivity contribution in [3.63, 3.8) is 0 Å². The highest BCUT2D eigenvalue weighted by Crippen LogP contribution is 2.32. The van der Waals surface area contributed by atoms with Crippen LogP contribution in [0.1, 0.15) is 66.2 Å². The maximum absolute atomic E-state index is 14.8. The lowest BCUT2D eigenvalue weighted by molar-refractivity contribution is 0.170. The molecule has 2 saturated heterocycles. The topological polar surface area (TPSA) is 117 Å². The number of ether oxygens (including phenoxy) is 1. The number of piperidine rings is 1. The molecule has 0 bridgehead atoms. The van der Waals surface area contributed by atoms with E-state index in [0.717, 1.165) is 50.4 Å². The zero-order valence-corrected chi connectivity index (χ0v) is 23.6. The predicted octanol–water partition coefficient (Wildman–Crippen LogP) is 5.31. The van der Waals surface area contributed by atoms with Gasteiger partial charge in [-0.05, 0) is 72.1 Å². The van der Waals surface area contributed by atoms with Gasteiger partial charge < -0.3 is 31.3 Å². The number of carbonyl (C=O) groups is 1. The summed E-state index contributed by atoms with van der Waals surface area (Å²) in [5.41, 5.74) is 5.14. The number of likely N-dealkylation sites (tertiary alicyclic amines) is 1. The highest BCUT2D eigenvalue weighted by atomic mass is 19.1. The number of hydrogen-bond acceptors (Lipinski definition) is 7. The summed E-state index contributed by atoms with van der Waals surface area (Å²) in [6.07, 6.45) is 5.63. The van der Waals surface area contributed by atoms with Gasteiger partial charge in [-0.2, -0.15) is 4.98 Å². The smallest absolute Gasteiger partial charge is 0.314 e. The van der Waals surface area contributed by atoms with Crippen LogP contribution in [0.2, 0.25) is 0 Å². The molecule has 4 rings (SSSR count). The Bertz CT molecular complexity index is 1170. The average Bonchev–Trinajstić information content (AvgIpc) is 3.07. The lowest BCUT2D eigenvalue weighted by atomic mass is 9.79. The van der Waals surface area contributed by atoms with E-state index in [1.165, 1.54) is 0 Å². The number of halogens is 3. The van der Waals surface area contributed by atoms with Gasteiger partial charge >= 0.3 is 6.03 Å². The summed E-state index contributed by atoms with van der Waals surface area (Å²) in [6, 6.07) is 1.72. The molecule has 0 saturated carbocycles. The van der Waals surface area contributed by atoms with E-state index in [0.29, 0.717) is 19.5 Å². The molecule has 2 aromatic rings. The fraction of sp³-hybridized carbons (Fsp3) is 0.607. The number of nitrogens with zero attached hydrogens (tertiary/aromatic N) is 3. The minimum atomic E-state index is -0.872. The summed E-state index contributed by atoms with van der Waals surface area (Å²) >= 11 is 0. The number of aromatic nitrogens is 2. The van der Waals surface area contributed by atoms with Crippen molar-refractivity contribution in [2.45, 2.75) is 83.3 Å². The number of carbonyl (C=O) groups excluding carboxylic acids is 1. The molecule has 9 nitrogen and oxygen atoms in total. The Kier molecular flexibility index (Phi) is 8.96. The van der Waals surface area contributed by atoms with Crippen LogP contribution in [-0.2, 0) is 0 Å². The van der Waals surface area contributed by atoms with Crippen LogP contribution in [-0.4, -0.2) is 57.7 Å². The van der Waals surface area contributed by atoms with Crippen molar-refractivity contribution >= 4 is 23.5 Å². The molecule has 0 aliphatic carbocycles. The number of nitrogens with two attached hydrogens (primary N) is 1. The Balaban J connectivity index is 1.36. The van der Waals surface area contributed by atoms with Gasteiger partial charge in [0.25, 0.3) is 0 Å². The summed E-state index contributed by atoms with van der Waals surface area (Å²) in [7, 11) is 0. The molecule has 0 spiro atoms. The molecule has 1 aromatic carbocycles. The molecule has 40 heavy (non-hydrogen) atoms. The lowest BCUT2D eigenvalue weighted by Crippen LogP contribution is -2.60. The van der Waals surface area contributed by atoms with Crippen molar-refractivity contribution in [2.24, 2.45) is 11.7 Å². The van der Waals surface area contributed by atoms with Gasteiger partial charge in [-0.25, -0.2) is 22.9 Å². The lowest BCUT2D eigenvalue weighted by Gasteiger charge is -2.46. The second kappa shape index (κ2) is 12.1. The van der Waals surface area contributed by atoms with E-state index in [1.54, 1.807) is 4.90 Å². The zero-order valence-electron chi connectivity index (χ0n) is 23.6. The van der Waals surface area contributed by atoms with Gasteiger partial charge in [0.15, 0.2) is 29.0 Å². The average molecular weight is 564 g/mol. The first-order valence-corrected chi connectivity index (χ1v) is 13.8. The van der Waals surface area contributed by atoms with Crippen molar-refractivity contribution < 1.29 is 22.7 Å². The number of nitrogens with one attached hydrogen (secondary N) is 3. The van der Waals surface area contributed by atoms with Gasteiger partial charge in [-0.3, -0.25) is 0 Å². The van der Waals surface area contributed by atoms with Crippen LogP contribution < -0.4 is 26.4 Å². The van der Waals surface area contributed by atoms with E-state index in [9.17, 15) is 18.0 Å². The van der Waals surface area contributed by atoms with Crippen molar-refractivity contribution in [1.82, 2.24) is 20.2 Å². The molecular formula is C28H40F3N7O2. The third kappa shape index (κ3) is 7.89. The van der Waals surface area contributed by atoms with Crippen molar-refractivity contribution in [2.75, 3.05) is 30.3 Å². The molecule has 12 heteroatoms. The Morgan fingerprint density at radius 2 is 1.77 bits per heavy atom. The van der Waals surface area contributed by atoms with Crippen LogP contribution in [0.3, 0.4) is 0 Å².